The Labute approximate surface area is 273 Å². The van der Waals surface area contributed by atoms with Crippen molar-refractivity contribution in [2.75, 3.05) is 0 Å². The minimum atomic E-state index is -4.71. The molecule has 0 amide bonds. The third-order valence-corrected chi connectivity index (χ3v) is 8.73. The van der Waals surface area contributed by atoms with Crippen molar-refractivity contribution in [3.63, 3.8) is 0 Å². The molecule has 0 aliphatic carbocycles. The Morgan fingerprint density at radius 2 is 0.745 bits per heavy atom. The number of rotatable bonds is 12. The quantitative estimate of drug-likeness (QED) is 0.112. The maximum Gasteiger partial charge on any atom is 0.573 e. The zero-order valence-corrected chi connectivity index (χ0v) is 27.8. The van der Waals surface area contributed by atoms with Crippen LogP contribution in [0.1, 0.15) is 76.6 Å². The lowest BCUT2D eigenvalue weighted by Crippen LogP contribution is -2.17. The first-order chi connectivity index (χ1) is 22.0. The Morgan fingerprint density at radius 1 is 0.426 bits per heavy atom. The summed E-state index contributed by atoms with van der Waals surface area (Å²) in [5.74, 6) is -0.430. The van der Waals surface area contributed by atoms with Crippen LogP contribution in [0.25, 0.3) is 22.3 Å². The average Bonchev–Trinajstić information content (AvgIpc) is 2.93. The van der Waals surface area contributed by atoms with Crippen LogP contribution in [0.5, 0.6) is 11.5 Å². The molecule has 2 nitrogen and oxygen atoms in total. The van der Waals surface area contributed by atoms with Crippen molar-refractivity contribution in [2.24, 2.45) is 0 Å². The van der Waals surface area contributed by atoms with E-state index in [1.54, 1.807) is 26.0 Å². The van der Waals surface area contributed by atoms with Crippen molar-refractivity contribution in [3.05, 3.63) is 105 Å². The Balaban J connectivity index is 1.27. The maximum atomic E-state index is 12.6. The Bertz CT molecular complexity index is 1530. The highest BCUT2D eigenvalue weighted by molar-refractivity contribution is 5.71. The lowest BCUT2D eigenvalue weighted by molar-refractivity contribution is -0.275. The summed E-state index contributed by atoms with van der Waals surface area (Å²) in [4.78, 5) is 0. The number of alkyl halides is 6. The van der Waals surface area contributed by atoms with Crippen molar-refractivity contribution in [1.29, 1.82) is 0 Å². The van der Waals surface area contributed by atoms with Crippen molar-refractivity contribution in [3.8, 4) is 33.8 Å². The standard InChI is InChI=1S/C39H42F6O2/c1-24-18-30(36-16-14-32(22-28(36)5)46-38(40,41)42)19-25(2)34(24)12-10-8-7-9-11-13-35-26(3)20-31(21-27(35)4)37-17-15-33(23-29(37)6)47-39(43,44)45/h14-23H,7-13H2,1-6H3. The Kier molecular flexibility index (Phi) is 11.4. The van der Waals surface area contributed by atoms with Crippen LogP contribution in [0, 0.1) is 41.5 Å². The fourth-order valence-electron chi connectivity index (χ4n) is 6.53. The molecule has 0 unspecified atom stereocenters. The van der Waals surface area contributed by atoms with Gasteiger partial charge in [0.15, 0.2) is 0 Å². The van der Waals surface area contributed by atoms with Crippen LogP contribution >= 0.6 is 0 Å². The molecule has 0 saturated carbocycles. The number of hydrogen-bond donors (Lipinski definition) is 0. The van der Waals surface area contributed by atoms with Gasteiger partial charge in [0.1, 0.15) is 11.5 Å². The number of hydrogen-bond acceptors (Lipinski definition) is 2. The topological polar surface area (TPSA) is 18.5 Å². The van der Waals surface area contributed by atoms with E-state index in [1.807, 2.05) is 0 Å². The van der Waals surface area contributed by atoms with Gasteiger partial charge in [0.25, 0.3) is 0 Å². The Hall–Kier alpha value is -3.94. The Morgan fingerprint density at radius 3 is 1.04 bits per heavy atom. The molecule has 4 aromatic carbocycles. The van der Waals surface area contributed by atoms with Gasteiger partial charge < -0.3 is 9.47 Å². The van der Waals surface area contributed by atoms with Gasteiger partial charge in [-0.1, -0.05) is 55.7 Å². The van der Waals surface area contributed by atoms with Crippen LogP contribution in [0.15, 0.2) is 60.7 Å². The van der Waals surface area contributed by atoms with E-state index in [0.717, 1.165) is 78.3 Å². The van der Waals surface area contributed by atoms with Gasteiger partial charge >= 0.3 is 12.7 Å². The molecule has 8 heteroatoms. The molecular formula is C39H42F6O2. The highest BCUT2D eigenvalue weighted by Gasteiger charge is 2.32. The lowest BCUT2D eigenvalue weighted by atomic mass is 9.90. The summed E-state index contributed by atoms with van der Waals surface area (Å²) in [5.41, 5.74) is 12.6. The minimum Gasteiger partial charge on any atom is -0.406 e. The second-order valence-corrected chi connectivity index (χ2v) is 12.5. The van der Waals surface area contributed by atoms with E-state index in [2.05, 4.69) is 61.4 Å². The summed E-state index contributed by atoms with van der Waals surface area (Å²) in [6.07, 6.45) is -1.89. The van der Waals surface area contributed by atoms with E-state index < -0.39 is 12.7 Å². The monoisotopic (exact) mass is 656 g/mol. The third kappa shape index (κ3) is 10.0. The van der Waals surface area contributed by atoms with E-state index >= 15 is 0 Å². The van der Waals surface area contributed by atoms with E-state index in [0.29, 0.717) is 0 Å². The van der Waals surface area contributed by atoms with Gasteiger partial charge in [-0.2, -0.15) is 0 Å². The van der Waals surface area contributed by atoms with Crippen molar-refractivity contribution >= 4 is 0 Å². The van der Waals surface area contributed by atoms with Crippen LogP contribution in [0.4, 0.5) is 26.3 Å². The number of benzene rings is 4. The summed E-state index contributed by atoms with van der Waals surface area (Å²) in [6, 6.07) is 17.4. The molecule has 0 fully saturated rings. The predicted molar refractivity (Wildman–Crippen MR) is 176 cm³/mol. The zero-order valence-electron chi connectivity index (χ0n) is 27.8. The number of unbranched alkanes of at least 4 members (excludes halogenated alkanes) is 4. The largest absolute Gasteiger partial charge is 0.573 e. The fraction of sp³-hybridized carbons (Fsp3) is 0.385. The van der Waals surface area contributed by atoms with Gasteiger partial charge in [-0.15, -0.1) is 26.3 Å². The molecule has 4 rings (SSSR count). The molecule has 0 radical (unpaired) electrons. The fourth-order valence-corrected chi connectivity index (χ4v) is 6.53. The second kappa shape index (κ2) is 14.9. The molecular weight excluding hydrogens is 614 g/mol. The average molecular weight is 657 g/mol. The smallest absolute Gasteiger partial charge is 0.406 e. The highest BCUT2D eigenvalue weighted by atomic mass is 19.4. The SMILES string of the molecule is Cc1cc(OC(F)(F)F)ccc1-c1cc(C)c(CCCCCCCc2c(C)cc(-c3ccc(OC(F)(F)F)cc3C)cc2C)c(C)c1. The predicted octanol–water partition coefficient (Wildman–Crippen LogP) is 12.4. The van der Waals surface area contributed by atoms with Crippen LogP contribution < -0.4 is 9.47 Å². The van der Waals surface area contributed by atoms with Crippen LogP contribution in [-0.4, -0.2) is 12.7 Å². The number of aryl methyl sites for hydroxylation is 6. The van der Waals surface area contributed by atoms with Gasteiger partial charge in [-0.05, 0) is 158 Å². The molecule has 47 heavy (non-hydrogen) atoms. The van der Waals surface area contributed by atoms with Gasteiger partial charge in [0.05, 0.1) is 0 Å². The van der Waals surface area contributed by atoms with Gasteiger partial charge in [0.2, 0.25) is 0 Å². The zero-order chi connectivity index (χ0) is 34.5. The summed E-state index contributed by atoms with van der Waals surface area (Å²) in [7, 11) is 0. The first-order valence-electron chi connectivity index (χ1n) is 15.9. The highest BCUT2D eigenvalue weighted by Crippen LogP contribution is 2.34. The molecule has 252 valence electrons. The van der Waals surface area contributed by atoms with Gasteiger partial charge in [-0.25, -0.2) is 0 Å². The minimum absolute atomic E-state index is 0.215. The van der Waals surface area contributed by atoms with Crippen molar-refractivity contribution < 1.29 is 35.8 Å². The van der Waals surface area contributed by atoms with E-state index in [1.165, 1.54) is 57.6 Å². The summed E-state index contributed by atoms with van der Waals surface area (Å²) in [5, 5.41) is 0. The van der Waals surface area contributed by atoms with Gasteiger partial charge in [0, 0.05) is 0 Å². The maximum absolute atomic E-state index is 12.6. The van der Waals surface area contributed by atoms with Crippen LogP contribution in [0.3, 0.4) is 0 Å². The van der Waals surface area contributed by atoms with Gasteiger partial charge in [-0.3, -0.25) is 0 Å². The lowest BCUT2D eigenvalue weighted by Gasteiger charge is -2.16. The molecule has 0 aliphatic rings. The molecule has 0 spiro atoms. The van der Waals surface area contributed by atoms with E-state index in [4.69, 9.17) is 0 Å². The molecule has 4 aromatic rings. The third-order valence-electron chi connectivity index (χ3n) is 8.73. The molecule has 0 N–H and O–H groups in total. The first-order valence-corrected chi connectivity index (χ1v) is 15.9. The number of ether oxygens (including phenoxy) is 2. The molecule has 0 aliphatic heterocycles. The first kappa shape index (κ1) is 35.9. The van der Waals surface area contributed by atoms with E-state index in [9.17, 15) is 26.3 Å². The molecule has 0 bridgehead atoms. The van der Waals surface area contributed by atoms with Crippen LogP contribution in [0.2, 0.25) is 0 Å². The number of halogens is 6. The summed E-state index contributed by atoms with van der Waals surface area (Å²) >= 11 is 0. The molecule has 0 aromatic heterocycles. The molecule has 0 saturated heterocycles. The normalized spacial score (nSPS) is 12.0. The molecule has 0 heterocycles. The second-order valence-electron chi connectivity index (χ2n) is 12.5. The van der Waals surface area contributed by atoms with E-state index in [-0.39, 0.29) is 11.5 Å². The summed E-state index contributed by atoms with van der Waals surface area (Å²) < 4.78 is 83.7. The van der Waals surface area contributed by atoms with Crippen molar-refractivity contribution in [2.45, 2.75) is 99.2 Å². The molecule has 0 atom stereocenters. The van der Waals surface area contributed by atoms with Crippen molar-refractivity contribution in [1.82, 2.24) is 0 Å². The summed E-state index contributed by atoms with van der Waals surface area (Å²) in [6.45, 7) is 12.0. The van der Waals surface area contributed by atoms with Crippen LogP contribution in [-0.2, 0) is 12.8 Å².